The molecule has 0 heterocycles. The summed E-state index contributed by atoms with van der Waals surface area (Å²) in [5.74, 6) is -0.446. The van der Waals surface area contributed by atoms with Gasteiger partial charge in [-0.1, -0.05) is 20.3 Å². The van der Waals surface area contributed by atoms with Crippen LogP contribution in [0.3, 0.4) is 0 Å². The molecular formula is C10H20N2O3. The zero-order chi connectivity index (χ0) is 11.8. The number of carboxylic acid groups (broad SMARTS) is 1. The Hall–Kier alpha value is -1.26. The first-order valence-electron chi connectivity index (χ1n) is 5.18. The summed E-state index contributed by atoms with van der Waals surface area (Å²) in [5, 5.41) is 11.2. The lowest BCUT2D eigenvalue weighted by atomic mass is 10.1. The van der Waals surface area contributed by atoms with Crippen LogP contribution in [-0.2, 0) is 4.79 Å². The fourth-order valence-electron chi connectivity index (χ4n) is 0.906. The molecule has 5 nitrogen and oxygen atoms in total. The molecule has 5 heteroatoms. The third kappa shape index (κ3) is 6.76. The highest BCUT2D eigenvalue weighted by atomic mass is 16.4. The quantitative estimate of drug-likeness (QED) is 0.699. The molecule has 88 valence electrons. The molecule has 2 amide bonds. The standard InChI is InChI=1S/C10H20N2O3/c1-4-8(2)7-11-10(15)12(3)6-5-9(13)14/h8H,4-7H2,1-3H3,(H,11,15)(H,13,14). The maximum absolute atomic E-state index is 11.4. The molecule has 0 saturated heterocycles. The van der Waals surface area contributed by atoms with Gasteiger partial charge in [-0.15, -0.1) is 0 Å². The van der Waals surface area contributed by atoms with E-state index in [2.05, 4.69) is 19.2 Å². The van der Waals surface area contributed by atoms with Crippen molar-refractivity contribution in [2.24, 2.45) is 5.92 Å². The fourth-order valence-corrected chi connectivity index (χ4v) is 0.906. The minimum Gasteiger partial charge on any atom is -0.481 e. The topological polar surface area (TPSA) is 69.6 Å². The number of aliphatic carboxylic acids is 1. The maximum Gasteiger partial charge on any atom is 0.317 e. The third-order valence-electron chi connectivity index (χ3n) is 2.31. The number of amides is 2. The van der Waals surface area contributed by atoms with E-state index >= 15 is 0 Å². The number of rotatable bonds is 6. The second-order valence-electron chi connectivity index (χ2n) is 3.76. The molecule has 0 fully saturated rings. The zero-order valence-corrected chi connectivity index (χ0v) is 9.62. The smallest absolute Gasteiger partial charge is 0.317 e. The monoisotopic (exact) mass is 216 g/mol. The lowest BCUT2D eigenvalue weighted by Crippen LogP contribution is -2.40. The Morgan fingerprint density at radius 2 is 2.07 bits per heavy atom. The Kier molecular flexibility index (Phi) is 6.49. The van der Waals surface area contributed by atoms with E-state index < -0.39 is 5.97 Å². The average molecular weight is 216 g/mol. The molecule has 1 unspecified atom stereocenters. The molecule has 0 aromatic heterocycles. The van der Waals surface area contributed by atoms with Crippen LogP contribution in [0.1, 0.15) is 26.7 Å². The summed E-state index contributed by atoms with van der Waals surface area (Å²) in [6, 6.07) is -0.212. The van der Waals surface area contributed by atoms with Crippen molar-refractivity contribution in [3.05, 3.63) is 0 Å². The second-order valence-corrected chi connectivity index (χ2v) is 3.76. The Morgan fingerprint density at radius 3 is 2.53 bits per heavy atom. The van der Waals surface area contributed by atoms with Gasteiger partial charge >= 0.3 is 12.0 Å². The molecule has 15 heavy (non-hydrogen) atoms. The van der Waals surface area contributed by atoms with E-state index in [1.165, 1.54) is 4.90 Å². The number of carbonyl (C=O) groups excluding carboxylic acids is 1. The number of hydrogen-bond donors (Lipinski definition) is 2. The number of nitrogens with zero attached hydrogens (tertiary/aromatic N) is 1. The molecule has 2 N–H and O–H groups in total. The Bertz CT molecular complexity index is 219. The Labute approximate surface area is 90.5 Å². The third-order valence-corrected chi connectivity index (χ3v) is 2.31. The van der Waals surface area contributed by atoms with E-state index in [-0.39, 0.29) is 19.0 Å². The van der Waals surface area contributed by atoms with E-state index in [0.29, 0.717) is 12.5 Å². The van der Waals surface area contributed by atoms with Crippen molar-refractivity contribution in [1.29, 1.82) is 0 Å². The molecule has 0 aliphatic carbocycles. The highest BCUT2D eigenvalue weighted by molar-refractivity contribution is 5.74. The second kappa shape index (κ2) is 7.09. The van der Waals surface area contributed by atoms with Gasteiger partial charge in [-0.2, -0.15) is 0 Å². The first-order valence-corrected chi connectivity index (χ1v) is 5.18. The van der Waals surface area contributed by atoms with E-state index in [1.807, 2.05) is 0 Å². The molecule has 0 aromatic carbocycles. The van der Waals surface area contributed by atoms with Crippen LogP contribution in [0.15, 0.2) is 0 Å². The van der Waals surface area contributed by atoms with E-state index in [9.17, 15) is 9.59 Å². The Balaban J connectivity index is 3.74. The summed E-state index contributed by atoms with van der Waals surface area (Å²) in [5.41, 5.74) is 0. The van der Waals surface area contributed by atoms with Gasteiger partial charge in [-0.3, -0.25) is 4.79 Å². The summed E-state index contributed by atoms with van der Waals surface area (Å²) in [6.07, 6.45) is 0.992. The van der Waals surface area contributed by atoms with Gasteiger partial charge < -0.3 is 15.3 Å². The average Bonchev–Trinajstić information content (AvgIpc) is 2.21. The number of carboxylic acids is 1. The largest absolute Gasteiger partial charge is 0.481 e. The summed E-state index contributed by atoms with van der Waals surface area (Å²) in [6.45, 7) is 4.98. The highest BCUT2D eigenvalue weighted by Gasteiger charge is 2.10. The lowest BCUT2D eigenvalue weighted by Gasteiger charge is -2.18. The minimum atomic E-state index is -0.892. The highest BCUT2D eigenvalue weighted by Crippen LogP contribution is 1.98. The summed E-state index contributed by atoms with van der Waals surface area (Å²) in [4.78, 5) is 23.1. The van der Waals surface area contributed by atoms with Crippen LogP contribution in [0.2, 0.25) is 0 Å². The van der Waals surface area contributed by atoms with Gasteiger partial charge in [-0.05, 0) is 5.92 Å². The van der Waals surface area contributed by atoms with Gasteiger partial charge in [0, 0.05) is 20.1 Å². The van der Waals surface area contributed by atoms with Crippen molar-refractivity contribution in [3.63, 3.8) is 0 Å². The van der Waals surface area contributed by atoms with Crippen LogP contribution in [0, 0.1) is 5.92 Å². The van der Waals surface area contributed by atoms with Crippen LogP contribution in [-0.4, -0.2) is 42.1 Å². The molecule has 0 spiro atoms. The van der Waals surface area contributed by atoms with Gasteiger partial charge in [0.25, 0.3) is 0 Å². The van der Waals surface area contributed by atoms with E-state index in [4.69, 9.17) is 5.11 Å². The summed E-state index contributed by atoms with van der Waals surface area (Å²) < 4.78 is 0. The normalized spacial score (nSPS) is 11.9. The lowest BCUT2D eigenvalue weighted by molar-refractivity contribution is -0.137. The van der Waals surface area contributed by atoms with Crippen LogP contribution in [0.5, 0.6) is 0 Å². The van der Waals surface area contributed by atoms with E-state index in [1.54, 1.807) is 7.05 Å². The number of hydrogen-bond acceptors (Lipinski definition) is 2. The summed E-state index contributed by atoms with van der Waals surface area (Å²) >= 11 is 0. The SMILES string of the molecule is CCC(C)CNC(=O)N(C)CCC(=O)O. The zero-order valence-electron chi connectivity index (χ0n) is 9.62. The van der Waals surface area contributed by atoms with Crippen molar-refractivity contribution >= 4 is 12.0 Å². The molecule has 0 aliphatic rings. The van der Waals surface area contributed by atoms with Gasteiger partial charge in [0.1, 0.15) is 0 Å². The van der Waals surface area contributed by atoms with Gasteiger partial charge in [-0.25, -0.2) is 4.79 Å². The molecule has 0 radical (unpaired) electrons. The van der Waals surface area contributed by atoms with Gasteiger partial charge in [0.05, 0.1) is 6.42 Å². The van der Waals surface area contributed by atoms with Crippen LogP contribution in [0.25, 0.3) is 0 Å². The molecule has 0 aliphatic heterocycles. The minimum absolute atomic E-state index is 0.0206. The molecule has 0 rings (SSSR count). The number of nitrogens with one attached hydrogen (secondary N) is 1. The number of urea groups is 1. The molecule has 1 atom stereocenters. The van der Waals surface area contributed by atoms with Crippen molar-refractivity contribution < 1.29 is 14.7 Å². The fraction of sp³-hybridized carbons (Fsp3) is 0.800. The first kappa shape index (κ1) is 13.7. The summed E-state index contributed by atoms with van der Waals surface area (Å²) in [7, 11) is 1.59. The van der Waals surface area contributed by atoms with Crippen molar-refractivity contribution in [2.75, 3.05) is 20.1 Å². The van der Waals surface area contributed by atoms with Gasteiger partial charge in [0.15, 0.2) is 0 Å². The first-order chi connectivity index (χ1) is 6.97. The van der Waals surface area contributed by atoms with Crippen molar-refractivity contribution in [3.8, 4) is 0 Å². The van der Waals surface area contributed by atoms with Crippen molar-refractivity contribution in [1.82, 2.24) is 10.2 Å². The molecule has 0 saturated carbocycles. The van der Waals surface area contributed by atoms with Crippen molar-refractivity contribution in [2.45, 2.75) is 26.7 Å². The molecule has 0 bridgehead atoms. The van der Waals surface area contributed by atoms with Gasteiger partial charge in [0.2, 0.25) is 0 Å². The maximum atomic E-state index is 11.4. The van der Waals surface area contributed by atoms with Crippen LogP contribution in [0.4, 0.5) is 4.79 Å². The van der Waals surface area contributed by atoms with Crippen LogP contribution >= 0.6 is 0 Å². The van der Waals surface area contributed by atoms with Crippen LogP contribution < -0.4 is 5.32 Å². The number of carbonyl (C=O) groups is 2. The predicted octanol–water partition coefficient (Wildman–Crippen LogP) is 1.15. The predicted molar refractivity (Wildman–Crippen MR) is 57.7 cm³/mol. The molecular weight excluding hydrogens is 196 g/mol. The Morgan fingerprint density at radius 1 is 1.47 bits per heavy atom. The van der Waals surface area contributed by atoms with E-state index in [0.717, 1.165) is 6.42 Å². The molecule has 0 aromatic rings.